The third-order valence-electron chi connectivity index (χ3n) is 10.9. The molecule has 2 aromatic rings. The Bertz CT molecular complexity index is 1410. The van der Waals surface area contributed by atoms with Gasteiger partial charge in [0.1, 0.15) is 11.5 Å². The summed E-state index contributed by atoms with van der Waals surface area (Å²) in [5.74, 6) is 0.887. The van der Waals surface area contributed by atoms with E-state index in [4.69, 9.17) is 27.9 Å². The first-order valence-electron chi connectivity index (χ1n) is 15.4. The number of nitrogens with zero attached hydrogens (tertiary/aromatic N) is 5. The molecule has 0 unspecified atom stereocenters. The van der Waals surface area contributed by atoms with Crippen LogP contribution in [0, 0.1) is 16.2 Å². The topological polar surface area (TPSA) is 228 Å². The van der Waals surface area contributed by atoms with Gasteiger partial charge in [0.05, 0.1) is 11.1 Å². The minimum Gasteiger partial charge on any atom is -0.506 e. The summed E-state index contributed by atoms with van der Waals surface area (Å²) >= 11 is 0. The van der Waals surface area contributed by atoms with Gasteiger partial charge in [-0.2, -0.15) is 15.0 Å². The van der Waals surface area contributed by atoms with E-state index in [1.807, 2.05) is 30.6 Å². The van der Waals surface area contributed by atoms with E-state index < -0.39 is 16.2 Å². The highest BCUT2D eigenvalue weighted by Gasteiger charge is 2.72. The molecule has 1 aromatic carbocycles. The molecule has 1 amide bonds. The van der Waals surface area contributed by atoms with E-state index in [0.29, 0.717) is 69.4 Å². The zero-order valence-corrected chi connectivity index (χ0v) is 25.7. The number of aromatic nitrogens is 3. The molecule has 2 aliphatic carbocycles. The number of aromatic hydroxyl groups is 1. The van der Waals surface area contributed by atoms with Crippen molar-refractivity contribution in [3.8, 4) is 5.75 Å². The molecule has 0 radical (unpaired) electrons. The van der Waals surface area contributed by atoms with E-state index in [1.165, 1.54) is 6.07 Å². The monoisotopic (exact) mass is 607 g/mol. The third-order valence-corrected chi connectivity index (χ3v) is 10.9. The van der Waals surface area contributed by atoms with Crippen molar-refractivity contribution in [2.45, 2.75) is 77.0 Å². The van der Waals surface area contributed by atoms with Crippen molar-refractivity contribution in [3.63, 3.8) is 0 Å². The van der Waals surface area contributed by atoms with Gasteiger partial charge in [-0.05, 0) is 43.2 Å². The minimum atomic E-state index is -0.807. The van der Waals surface area contributed by atoms with Crippen LogP contribution in [0.4, 0.5) is 29.2 Å². The van der Waals surface area contributed by atoms with Gasteiger partial charge < -0.3 is 48.5 Å². The molecular formula is C30H45N11O3. The number of amides is 1. The minimum absolute atomic E-state index is 0.114. The van der Waals surface area contributed by atoms with E-state index in [9.17, 15) is 14.7 Å². The summed E-state index contributed by atoms with van der Waals surface area (Å²) in [6, 6.07) is 4.39. The highest BCUT2D eigenvalue weighted by atomic mass is 16.3. The number of piperidine rings is 2. The Morgan fingerprint density at radius 1 is 0.886 bits per heavy atom. The molecule has 2 saturated carbocycles. The molecule has 2 aliphatic heterocycles. The number of phenolic OH excluding ortho intramolecular Hbond substituents is 1. The lowest BCUT2D eigenvalue weighted by atomic mass is 9.64. The molecule has 2 saturated heterocycles. The molecule has 2 bridgehead atoms. The second-order valence-electron chi connectivity index (χ2n) is 14.0. The van der Waals surface area contributed by atoms with Crippen molar-refractivity contribution in [1.29, 1.82) is 0 Å². The number of anilines is 5. The van der Waals surface area contributed by atoms with Crippen LogP contribution in [0.25, 0.3) is 0 Å². The molecule has 3 heterocycles. The SMILES string of the molecule is CC1(C)[C@]2(C(=O)Nc3ccc(Nc4nc(N5C[C@H](N)C[C@H](N)C5)nc(N5C[C@H](N)C[C@H](N)C5)n4)cc3O)CC[C@@]1(C)C(=O)C2. The van der Waals surface area contributed by atoms with Crippen LogP contribution in [0.15, 0.2) is 18.2 Å². The quantitative estimate of drug-likeness (QED) is 0.225. The summed E-state index contributed by atoms with van der Waals surface area (Å²) in [7, 11) is 0. The number of carbonyl (C=O) groups excluding carboxylic acids is 2. The number of hydrogen-bond acceptors (Lipinski definition) is 13. The number of rotatable bonds is 6. The lowest BCUT2D eigenvalue weighted by molar-refractivity contribution is -0.131. The fourth-order valence-electron chi connectivity index (χ4n) is 7.82. The Kier molecular flexibility index (Phi) is 7.46. The first kappa shape index (κ1) is 30.4. The van der Waals surface area contributed by atoms with Crippen LogP contribution >= 0.6 is 0 Å². The molecule has 1 aromatic heterocycles. The van der Waals surface area contributed by atoms with Gasteiger partial charge >= 0.3 is 0 Å². The number of nitrogens with one attached hydrogen (secondary N) is 2. The van der Waals surface area contributed by atoms with Crippen LogP contribution in [-0.4, -0.2) is 82.1 Å². The first-order chi connectivity index (χ1) is 20.7. The Morgan fingerprint density at radius 2 is 1.43 bits per heavy atom. The van der Waals surface area contributed by atoms with Crippen LogP contribution in [0.3, 0.4) is 0 Å². The molecule has 238 valence electrons. The summed E-state index contributed by atoms with van der Waals surface area (Å²) < 4.78 is 0. The lowest BCUT2D eigenvalue weighted by Gasteiger charge is -2.38. The summed E-state index contributed by atoms with van der Waals surface area (Å²) in [6.07, 6.45) is 2.96. The molecule has 6 rings (SSSR count). The average Bonchev–Trinajstić information content (AvgIpc) is 3.24. The number of carbonyl (C=O) groups is 2. The fraction of sp³-hybridized carbons (Fsp3) is 0.633. The summed E-state index contributed by atoms with van der Waals surface area (Å²) in [6.45, 7) is 8.18. The van der Waals surface area contributed by atoms with Crippen LogP contribution in [0.1, 0.15) is 52.9 Å². The first-order valence-corrected chi connectivity index (χ1v) is 15.4. The highest BCUT2D eigenvalue weighted by Crippen LogP contribution is 2.70. The summed E-state index contributed by atoms with van der Waals surface area (Å²) in [5, 5.41) is 17.0. The number of phenols is 1. The van der Waals surface area contributed by atoms with Gasteiger partial charge in [0, 0.05) is 73.9 Å². The molecule has 44 heavy (non-hydrogen) atoms. The molecular weight excluding hydrogens is 562 g/mol. The van der Waals surface area contributed by atoms with Crippen LogP contribution in [0.5, 0.6) is 5.75 Å². The van der Waals surface area contributed by atoms with Gasteiger partial charge in [-0.25, -0.2) is 0 Å². The second-order valence-corrected chi connectivity index (χ2v) is 14.0. The normalized spacial score (nSPS) is 33.0. The molecule has 6 atom stereocenters. The number of Topliss-reactive ketones (excluding diaryl/α,β-unsaturated/α-hetero) is 1. The van der Waals surface area contributed by atoms with Crippen molar-refractivity contribution in [2.24, 2.45) is 39.2 Å². The van der Waals surface area contributed by atoms with E-state index >= 15 is 0 Å². The lowest BCUT2D eigenvalue weighted by Crippen LogP contribution is -2.54. The number of ketones is 1. The second kappa shape index (κ2) is 10.8. The molecule has 14 nitrogen and oxygen atoms in total. The predicted molar refractivity (Wildman–Crippen MR) is 169 cm³/mol. The molecule has 4 aliphatic rings. The van der Waals surface area contributed by atoms with Gasteiger partial charge in [-0.15, -0.1) is 0 Å². The smallest absolute Gasteiger partial charge is 0.233 e. The molecule has 11 N–H and O–H groups in total. The Morgan fingerprint density at radius 3 is 1.89 bits per heavy atom. The van der Waals surface area contributed by atoms with Gasteiger partial charge in [0.2, 0.25) is 23.8 Å². The van der Waals surface area contributed by atoms with Crippen molar-refractivity contribution in [1.82, 2.24) is 15.0 Å². The van der Waals surface area contributed by atoms with Crippen LogP contribution in [-0.2, 0) is 9.59 Å². The number of hydrogen-bond donors (Lipinski definition) is 7. The van der Waals surface area contributed by atoms with Crippen molar-refractivity contribution in [2.75, 3.05) is 46.6 Å². The highest BCUT2D eigenvalue weighted by molar-refractivity contribution is 6.05. The molecule has 14 heteroatoms. The number of nitrogens with two attached hydrogens (primary N) is 4. The number of fused-ring (bicyclic) bond motifs is 2. The van der Waals surface area contributed by atoms with Gasteiger partial charge in [-0.1, -0.05) is 20.8 Å². The standard InChI is InChI=1S/C30H45N11O3/c1-28(2)29(3)6-7-30(28,11-23(29)43)24(44)36-21-5-4-20(10-22(21)42)35-25-37-26(40-12-16(31)8-17(32)13-40)39-27(38-25)41-14-18(33)9-19(34)15-41/h4-5,10,16-19,42H,6-9,11-15,31-34H2,1-3H3,(H,36,44)(H,35,37,38,39)/t16-,17+,18-,19+,29-,30+/m0/s1. The Hall–Kier alpha value is -3.59. The number of benzene rings is 1. The summed E-state index contributed by atoms with van der Waals surface area (Å²) in [5.41, 5.74) is 24.0. The van der Waals surface area contributed by atoms with Crippen LogP contribution < -0.4 is 43.4 Å². The van der Waals surface area contributed by atoms with Crippen LogP contribution in [0.2, 0.25) is 0 Å². The summed E-state index contributed by atoms with van der Waals surface area (Å²) in [4.78, 5) is 44.5. The van der Waals surface area contributed by atoms with Gasteiger partial charge in [-0.3, -0.25) is 9.59 Å². The van der Waals surface area contributed by atoms with E-state index in [1.54, 1.807) is 12.1 Å². The molecule has 4 fully saturated rings. The van der Waals surface area contributed by atoms with E-state index in [-0.39, 0.29) is 59.7 Å². The van der Waals surface area contributed by atoms with Crippen molar-refractivity contribution < 1.29 is 14.7 Å². The zero-order valence-electron chi connectivity index (χ0n) is 25.7. The maximum Gasteiger partial charge on any atom is 0.233 e. The van der Waals surface area contributed by atoms with E-state index in [2.05, 4.69) is 20.6 Å². The Balaban J connectivity index is 1.25. The third kappa shape index (κ3) is 5.03. The maximum absolute atomic E-state index is 13.6. The average molecular weight is 608 g/mol. The van der Waals surface area contributed by atoms with Gasteiger partial charge in [0.15, 0.2) is 0 Å². The maximum atomic E-state index is 13.6. The fourth-order valence-corrected chi connectivity index (χ4v) is 7.82. The largest absolute Gasteiger partial charge is 0.506 e. The molecule has 0 spiro atoms. The zero-order chi connectivity index (χ0) is 31.6. The Labute approximate surface area is 257 Å². The van der Waals surface area contributed by atoms with Crippen molar-refractivity contribution >= 4 is 40.9 Å². The predicted octanol–water partition coefficient (Wildman–Crippen LogP) is 0.774. The van der Waals surface area contributed by atoms with Crippen molar-refractivity contribution in [3.05, 3.63) is 18.2 Å². The van der Waals surface area contributed by atoms with E-state index in [0.717, 1.165) is 0 Å². The van der Waals surface area contributed by atoms with Gasteiger partial charge in [0.25, 0.3) is 0 Å².